The highest BCUT2D eigenvalue weighted by Gasteiger charge is 2.40. The molecule has 2 aliphatic heterocycles. The third kappa shape index (κ3) is 5.34. The fourth-order valence-corrected chi connectivity index (χ4v) is 6.65. The number of amides is 2. The molecule has 7 nitrogen and oxygen atoms in total. The van der Waals surface area contributed by atoms with Crippen LogP contribution in [0.3, 0.4) is 0 Å². The van der Waals surface area contributed by atoms with Crippen molar-refractivity contribution in [1.82, 2.24) is 0 Å². The quantitative estimate of drug-likeness (QED) is 0.186. The minimum atomic E-state index is -0.734. The van der Waals surface area contributed by atoms with Gasteiger partial charge in [0.25, 0.3) is 11.8 Å². The molecule has 1 fully saturated rings. The second kappa shape index (κ2) is 12.1. The number of nitrogens with zero attached hydrogens (tertiary/aromatic N) is 1. The molecule has 0 aliphatic carbocycles. The smallest absolute Gasteiger partial charge is 0.266 e. The van der Waals surface area contributed by atoms with Gasteiger partial charge in [-0.15, -0.1) is 11.8 Å². The Morgan fingerprint density at radius 1 is 0.833 bits per heavy atom. The Balaban J connectivity index is 1.30. The van der Waals surface area contributed by atoms with Gasteiger partial charge in [0.05, 0.1) is 42.7 Å². The maximum Gasteiger partial charge on any atom is 0.266 e. The Labute approximate surface area is 249 Å². The van der Waals surface area contributed by atoms with Crippen LogP contribution in [0.2, 0.25) is 0 Å². The molecule has 0 saturated carbocycles. The number of imide groups is 1. The maximum atomic E-state index is 13.2. The van der Waals surface area contributed by atoms with Crippen LogP contribution in [0.5, 0.6) is 5.75 Å². The molecule has 0 bridgehead atoms. The number of aliphatic hydroxyl groups excluding tert-OH is 1. The maximum absolute atomic E-state index is 13.2. The van der Waals surface area contributed by atoms with E-state index in [-0.39, 0.29) is 36.5 Å². The second-order valence-corrected chi connectivity index (χ2v) is 11.4. The Hall–Kier alpha value is -3.95. The van der Waals surface area contributed by atoms with Gasteiger partial charge < -0.3 is 19.3 Å². The molecular weight excluding hydrogens is 550 g/mol. The molecule has 2 aliphatic rings. The fourth-order valence-electron chi connectivity index (χ4n) is 5.45. The van der Waals surface area contributed by atoms with Crippen LogP contribution in [-0.4, -0.2) is 35.9 Å². The molecule has 0 radical (unpaired) electrons. The number of hydrogen-bond acceptors (Lipinski definition) is 7. The Morgan fingerprint density at radius 2 is 1.52 bits per heavy atom. The van der Waals surface area contributed by atoms with Gasteiger partial charge in [-0.1, -0.05) is 67.6 Å². The van der Waals surface area contributed by atoms with Crippen LogP contribution in [0.1, 0.15) is 56.7 Å². The van der Waals surface area contributed by atoms with Crippen molar-refractivity contribution in [2.75, 3.05) is 17.8 Å². The first-order valence-corrected chi connectivity index (χ1v) is 14.8. The Bertz CT molecular complexity index is 1570. The number of fused-ring (bicyclic) bond motifs is 1. The number of thioether (sulfide) groups is 1. The van der Waals surface area contributed by atoms with E-state index in [4.69, 9.17) is 14.2 Å². The van der Waals surface area contributed by atoms with E-state index in [9.17, 15) is 14.7 Å². The van der Waals surface area contributed by atoms with Crippen molar-refractivity contribution in [3.8, 4) is 5.75 Å². The summed E-state index contributed by atoms with van der Waals surface area (Å²) >= 11 is 1.66. The van der Waals surface area contributed by atoms with Crippen molar-refractivity contribution in [3.05, 3.63) is 125 Å². The van der Waals surface area contributed by atoms with Crippen LogP contribution in [-0.2, 0) is 16.1 Å². The summed E-state index contributed by atoms with van der Waals surface area (Å²) in [6.45, 7) is 2.08. The van der Waals surface area contributed by atoms with Crippen LogP contribution in [0.4, 0.5) is 5.69 Å². The van der Waals surface area contributed by atoms with Gasteiger partial charge in [-0.2, -0.15) is 0 Å². The molecule has 4 atom stereocenters. The highest BCUT2D eigenvalue weighted by Crippen LogP contribution is 2.44. The van der Waals surface area contributed by atoms with Gasteiger partial charge in [0.2, 0.25) is 0 Å². The first-order chi connectivity index (χ1) is 20.5. The summed E-state index contributed by atoms with van der Waals surface area (Å²) in [7, 11) is 1.66. The number of methoxy groups -OCH3 is 1. The number of para-hydroxylation sites is 1. The lowest BCUT2D eigenvalue weighted by molar-refractivity contribution is -0.268. The number of ether oxygens (including phenoxy) is 3. The zero-order valence-electron chi connectivity index (χ0n) is 23.3. The van der Waals surface area contributed by atoms with Gasteiger partial charge in [0.1, 0.15) is 5.75 Å². The number of carbonyl (C=O) groups is 2. The highest BCUT2D eigenvalue weighted by atomic mass is 32.2. The fraction of sp³-hybridized carbons (Fsp3) is 0.235. The summed E-state index contributed by atoms with van der Waals surface area (Å²) in [6.07, 6.45) is -1.21. The van der Waals surface area contributed by atoms with Crippen molar-refractivity contribution in [3.63, 3.8) is 0 Å². The SMILES string of the molecule is COc1ccccc1SC[C@H]1O[C@@H](c2cccc(N3C(=O)c4ccccc4C3=O)c2)O[C@@H](c2ccc(CO)cc2)[C@H]1C. The number of benzene rings is 4. The molecular formula is C34H31NO6S. The number of hydrogen-bond donors (Lipinski definition) is 1. The lowest BCUT2D eigenvalue weighted by Gasteiger charge is -2.41. The molecule has 0 unspecified atom stereocenters. The highest BCUT2D eigenvalue weighted by molar-refractivity contribution is 7.99. The molecule has 2 amide bonds. The molecule has 4 aromatic rings. The van der Waals surface area contributed by atoms with Crippen molar-refractivity contribution < 1.29 is 28.9 Å². The van der Waals surface area contributed by atoms with Gasteiger partial charge >= 0.3 is 0 Å². The minimum Gasteiger partial charge on any atom is -0.496 e. The molecule has 2 heterocycles. The van der Waals surface area contributed by atoms with Crippen LogP contribution in [0.15, 0.2) is 102 Å². The number of anilines is 1. The summed E-state index contributed by atoms with van der Waals surface area (Å²) < 4.78 is 18.7. The van der Waals surface area contributed by atoms with E-state index >= 15 is 0 Å². The Kier molecular flexibility index (Phi) is 8.13. The number of rotatable bonds is 8. The summed E-state index contributed by atoms with van der Waals surface area (Å²) in [5.41, 5.74) is 3.77. The standard InChI is InChI=1S/C34H31NO6S/c1-21-29(20-42-30-13-6-5-12-28(30)39-2)40-34(41-31(21)23-16-14-22(19-36)15-17-23)24-8-7-9-25(18-24)35-32(37)26-10-3-4-11-27(26)33(35)38/h3-18,21,29,31,34,36H,19-20H2,1-2H3/t21-,29+,31+,34+/m0/s1. The van der Waals surface area contributed by atoms with E-state index in [0.29, 0.717) is 28.1 Å². The molecule has 42 heavy (non-hydrogen) atoms. The molecule has 0 spiro atoms. The topological polar surface area (TPSA) is 85.3 Å². The van der Waals surface area contributed by atoms with Crippen LogP contribution >= 0.6 is 11.8 Å². The second-order valence-electron chi connectivity index (χ2n) is 10.4. The van der Waals surface area contributed by atoms with Crippen LogP contribution in [0.25, 0.3) is 0 Å². The van der Waals surface area contributed by atoms with Gasteiger partial charge in [0, 0.05) is 22.1 Å². The molecule has 214 valence electrons. The van der Waals surface area contributed by atoms with Crippen molar-refractivity contribution in [1.29, 1.82) is 0 Å². The summed E-state index contributed by atoms with van der Waals surface area (Å²) in [5, 5.41) is 9.54. The van der Waals surface area contributed by atoms with Crippen molar-refractivity contribution >= 4 is 29.3 Å². The predicted molar refractivity (Wildman–Crippen MR) is 161 cm³/mol. The van der Waals surface area contributed by atoms with Gasteiger partial charge in [-0.25, -0.2) is 4.90 Å². The van der Waals surface area contributed by atoms with E-state index in [1.807, 2.05) is 60.7 Å². The summed E-state index contributed by atoms with van der Waals surface area (Å²) in [5.74, 6) is 0.774. The zero-order chi connectivity index (χ0) is 29.2. The Morgan fingerprint density at radius 3 is 2.21 bits per heavy atom. The van der Waals surface area contributed by atoms with Gasteiger partial charge in [-0.05, 0) is 47.5 Å². The van der Waals surface area contributed by atoms with E-state index in [0.717, 1.165) is 21.8 Å². The molecule has 1 N–H and O–H groups in total. The number of aliphatic hydroxyl groups is 1. The third-order valence-corrected chi connectivity index (χ3v) is 8.93. The van der Waals surface area contributed by atoms with Crippen molar-refractivity contribution in [2.45, 2.75) is 36.9 Å². The van der Waals surface area contributed by atoms with Gasteiger partial charge in [-0.3, -0.25) is 9.59 Å². The molecule has 6 rings (SSSR count). The first kappa shape index (κ1) is 28.2. The van der Waals surface area contributed by atoms with Crippen LogP contribution < -0.4 is 9.64 Å². The lowest BCUT2D eigenvalue weighted by atomic mass is 9.91. The average Bonchev–Trinajstić information content (AvgIpc) is 3.30. The van der Waals surface area contributed by atoms with E-state index < -0.39 is 6.29 Å². The predicted octanol–water partition coefficient (Wildman–Crippen LogP) is 6.57. The van der Waals surface area contributed by atoms with E-state index in [2.05, 4.69) is 6.92 Å². The van der Waals surface area contributed by atoms with Gasteiger partial charge in [0.15, 0.2) is 6.29 Å². The van der Waals surface area contributed by atoms with Crippen LogP contribution in [0, 0.1) is 5.92 Å². The minimum absolute atomic E-state index is 0.00264. The molecule has 4 aromatic carbocycles. The lowest BCUT2D eigenvalue weighted by Crippen LogP contribution is -2.38. The van der Waals surface area contributed by atoms with E-state index in [1.54, 1.807) is 55.3 Å². The van der Waals surface area contributed by atoms with Crippen molar-refractivity contribution in [2.24, 2.45) is 5.92 Å². The normalized spacial score (nSPS) is 21.8. The number of carbonyl (C=O) groups excluding carboxylic acids is 2. The zero-order valence-corrected chi connectivity index (χ0v) is 24.1. The monoisotopic (exact) mass is 581 g/mol. The molecule has 1 saturated heterocycles. The molecule has 0 aromatic heterocycles. The average molecular weight is 582 g/mol. The third-order valence-electron chi connectivity index (χ3n) is 7.79. The summed E-state index contributed by atoms with van der Waals surface area (Å²) in [4.78, 5) is 28.6. The first-order valence-electron chi connectivity index (χ1n) is 13.8. The summed E-state index contributed by atoms with van der Waals surface area (Å²) in [6, 6.07) is 29.7. The largest absolute Gasteiger partial charge is 0.496 e. The van der Waals surface area contributed by atoms with E-state index in [1.165, 1.54) is 4.90 Å². The molecule has 8 heteroatoms.